The highest BCUT2D eigenvalue weighted by Crippen LogP contribution is 2.15. The van der Waals surface area contributed by atoms with Crippen LogP contribution in [0.3, 0.4) is 0 Å². The van der Waals surface area contributed by atoms with Crippen LogP contribution >= 0.6 is 0 Å². The van der Waals surface area contributed by atoms with E-state index >= 15 is 0 Å². The van der Waals surface area contributed by atoms with E-state index in [1.165, 1.54) is 0 Å². The summed E-state index contributed by atoms with van der Waals surface area (Å²) < 4.78 is 0. The second-order valence-corrected chi connectivity index (χ2v) is 6.73. The maximum Gasteiger partial charge on any atom is 0.326 e. The predicted molar refractivity (Wildman–Crippen MR) is 87.2 cm³/mol. The molecule has 8 nitrogen and oxygen atoms in total. The molecule has 24 heavy (non-hydrogen) atoms. The molecule has 0 saturated heterocycles. The van der Waals surface area contributed by atoms with Crippen molar-refractivity contribution in [2.24, 2.45) is 17.8 Å². The predicted octanol–water partition coefficient (Wildman–Crippen LogP) is 0.855. The van der Waals surface area contributed by atoms with Crippen LogP contribution in [0.2, 0.25) is 0 Å². The molecule has 8 heteroatoms. The molecule has 0 aliphatic carbocycles. The molecule has 0 spiro atoms. The van der Waals surface area contributed by atoms with Gasteiger partial charge in [0.25, 0.3) is 0 Å². The molecule has 0 aliphatic rings. The molecule has 0 aromatic heterocycles. The Morgan fingerprint density at radius 2 is 1.46 bits per heavy atom. The zero-order chi connectivity index (χ0) is 18.9. The van der Waals surface area contributed by atoms with Crippen LogP contribution in [-0.2, 0) is 19.2 Å². The van der Waals surface area contributed by atoms with Crippen molar-refractivity contribution in [3.63, 3.8) is 0 Å². The van der Waals surface area contributed by atoms with E-state index in [-0.39, 0.29) is 31.2 Å². The Hall–Kier alpha value is -2.12. The van der Waals surface area contributed by atoms with E-state index < -0.39 is 35.7 Å². The smallest absolute Gasteiger partial charge is 0.326 e. The molecule has 0 aliphatic heterocycles. The van der Waals surface area contributed by atoms with Crippen molar-refractivity contribution in [2.45, 2.75) is 53.0 Å². The average molecular weight is 344 g/mol. The maximum absolute atomic E-state index is 12.0. The van der Waals surface area contributed by atoms with E-state index in [1.54, 1.807) is 0 Å². The zero-order valence-corrected chi connectivity index (χ0v) is 14.7. The number of carbonyl (C=O) groups is 4. The van der Waals surface area contributed by atoms with E-state index in [2.05, 4.69) is 10.6 Å². The fourth-order valence-corrected chi connectivity index (χ4v) is 2.31. The van der Waals surface area contributed by atoms with E-state index in [0.717, 1.165) is 0 Å². The number of nitrogens with one attached hydrogen (secondary N) is 2. The van der Waals surface area contributed by atoms with Crippen molar-refractivity contribution in [3.8, 4) is 0 Å². The van der Waals surface area contributed by atoms with Gasteiger partial charge in [0.2, 0.25) is 11.8 Å². The molecule has 0 saturated carbocycles. The highest BCUT2D eigenvalue weighted by Gasteiger charge is 2.24. The third-order valence-corrected chi connectivity index (χ3v) is 3.31. The number of hydrogen-bond acceptors (Lipinski definition) is 4. The highest BCUT2D eigenvalue weighted by molar-refractivity contribution is 5.89. The first-order valence-electron chi connectivity index (χ1n) is 8.04. The van der Waals surface area contributed by atoms with Crippen molar-refractivity contribution in [1.29, 1.82) is 0 Å². The van der Waals surface area contributed by atoms with Gasteiger partial charge >= 0.3 is 11.9 Å². The number of carboxylic acid groups (broad SMARTS) is 2. The summed E-state index contributed by atoms with van der Waals surface area (Å²) in [7, 11) is 0. The van der Waals surface area contributed by atoms with Crippen LogP contribution in [0.5, 0.6) is 0 Å². The van der Waals surface area contributed by atoms with Gasteiger partial charge in [0, 0.05) is 5.92 Å². The lowest BCUT2D eigenvalue weighted by atomic mass is 9.93. The van der Waals surface area contributed by atoms with Crippen LogP contribution in [0.1, 0.15) is 47.0 Å². The van der Waals surface area contributed by atoms with Gasteiger partial charge in [-0.2, -0.15) is 0 Å². The molecule has 2 atom stereocenters. The quantitative estimate of drug-likeness (QED) is 0.439. The van der Waals surface area contributed by atoms with Crippen LogP contribution in [0.25, 0.3) is 0 Å². The molecule has 0 bridgehead atoms. The lowest BCUT2D eigenvalue weighted by Gasteiger charge is -2.19. The van der Waals surface area contributed by atoms with Gasteiger partial charge in [-0.25, -0.2) is 4.79 Å². The number of rotatable bonds is 11. The van der Waals surface area contributed by atoms with Crippen molar-refractivity contribution in [2.75, 3.05) is 6.54 Å². The van der Waals surface area contributed by atoms with Crippen molar-refractivity contribution in [3.05, 3.63) is 0 Å². The Bertz CT molecular complexity index is 461. The van der Waals surface area contributed by atoms with Gasteiger partial charge in [-0.15, -0.1) is 0 Å². The van der Waals surface area contributed by atoms with Crippen LogP contribution in [0, 0.1) is 17.8 Å². The third kappa shape index (κ3) is 9.81. The summed E-state index contributed by atoms with van der Waals surface area (Å²) in [5, 5.41) is 22.7. The van der Waals surface area contributed by atoms with E-state index in [0.29, 0.717) is 6.42 Å². The molecule has 2 amide bonds. The standard InChI is InChI=1S/C16H28N2O6/c1-9(2)5-11(7-14(20)21)15(22)17-8-13(19)18-12(16(23)24)6-10(3)4/h9-12H,5-8H2,1-4H3,(H,17,22)(H,18,19)(H,20,21)(H,23,24)/t11?,12-/m0/s1. The molecule has 0 rings (SSSR count). The van der Waals surface area contributed by atoms with Crippen LogP contribution in [0.4, 0.5) is 0 Å². The van der Waals surface area contributed by atoms with Gasteiger partial charge in [0.05, 0.1) is 13.0 Å². The Labute approximate surface area is 142 Å². The molecule has 0 heterocycles. The third-order valence-electron chi connectivity index (χ3n) is 3.31. The van der Waals surface area contributed by atoms with E-state index in [4.69, 9.17) is 10.2 Å². The topological polar surface area (TPSA) is 133 Å². The Balaban J connectivity index is 4.56. The maximum atomic E-state index is 12.0. The number of carboxylic acids is 2. The van der Waals surface area contributed by atoms with Crippen LogP contribution in [-0.4, -0.2) is 46.6 Å². The van der Waals surface area contributed by atoms with Crippen molar-refractivity contribution >= 4 is 23.8 Å². The van der Waals surface area contributed by atoms with Gasteiger partial charge in [0.15, 0.2) is 0 Å². The molecule has 4 N–H and O–H groups in total. The number of aliphatic carboxylic acids is 2. The van der Waals surface area contributed by atoms with Crippen molar-refractivity contribution in [1.82, 2.24) is 10.6 Å². The summed E-state index contributed by atoms with van der Waals surface area (Å²) in [4.78, 5) is 45.8. The Morgan fingerprint density at radius 1 is 0.917 bits per heavy atom. The largest absolute Gasteiger partial charge is 0.481 e. The summed E-state index contributed by atoms with van der Waals surface area (Å²) in [5.41, 5.74) is 0. The minimum atomic E-state index is -1.13. The second kappa shape index (κ2) is 10.6. The molecule has 0 radical (unpaired) electrons. The SMILES string of the molecule is CC(C)CC(CC(=O)O)C(=O)NCC(=O)N[C@@H](CC(C)C)C(=O)O. The van der Waals surface area contributed by atoms with Gasteiger partial charge in [-0.1, -0.05) is 27.7 Å². The van der Waals surface area contributed by atoms with E-state index in [1.807, 2.05) is 27.7 Å². The summed E-state index contributed by atoms with van der Waals surface area (Å²) in [5.74, 6) is -3.84. The molecular weight excluding hydrogens is 316 g/mol. The lowest BCUT2D eigenvalue weighted by molar-refractivity contribution is -0.143. The summed E-state index contributed by atoms with van der Waals surface area (Å²) in [6.07, 6.45) is 0.367. The first kappa shape index (κ1) is 21.9. The summed E-state index contributed by atoms with van der Waals surface area (Å²) in [6, 6.07) is -1.01. The van der Waals surface area contributed by atoms with Gasteiger partial charge < -0.3 is 20.8 Å². The first-order valence-corrected chi connectivity index (χ1v) is 8.04. The van der Waals surface area contributed by atoms with Crippen LogP contribution < -0.4 is 10.6 Å². The number of amides is 2. The monoisotopic (exact) mass is 344 g/mol. The Morgan fingerprint density at radius 3 is 1.88 bits per heavy atom. The fraction of sp³-hybridized carbons (Fsp3) is 0.750. The minimum Gasteiger partial charge on any atom is -0.481 e. The lowest BCUT2D eigenvalue weighted by Crippen LogP contribution is -2.47. The Kier molecular flexibility index (Phi) is 9.68. The van der Waals surface area contributed by atoms with E-state index in [9.17, 15) is 19.2 Å². The molecular formula is C16H28N2O6. The van der Waals surface area contributed by atoms with Gasteiger partial charge in [-0.05, 0) is 24.7 Å². The van der Waals surface area contributed by atoms with Crippen LogP contribution in [0.15, 0.2) is 0 Å². The summed E-state index contributed by atoms with van der Waals surface area (Å²) >= 11 is 0. The average Bonchev–Trinajstić information content (AvgIpc) is 2.41. The molecule has 0 aromatic rings. The number of hydrogen-bond donors (Lipinski definition) is 4. The fourth-order valence-electron chi connectivity index (χ4n) is 2.31. The normalized spacial score (nSPS) is 13.4. The summed E-state index contributed by atoms with van der Waals surface area (Å²) in [6.45, 7) is 7.05. The zero-order valence-electron chi connectivity index (χ0n) is 14.7. The number of carbonyl (C=O) groups excluding carboxylic acids is 2. The van der Waals surface area contributed by atoms with Gasteiger partial charge in [-0.3, -0.25) is 14.4 Å². The van der Waals surface area contributed by atoms with Gasteiger partial charge in [0.1, 0.15) is 6.04 Å². The molecule has 138 valence electrons. The first-order chi connectivity index (χ1) is 11.0. The molecule has 0 fully saturated rings. The van der Waals surface area contributed by atoms with Crippen molar-refractivity contribution < 1.29 is 29.4 Å². The molecule has 1 unspecified atom stereocenters. The minimum absolute atomic E-state index is 0.0898. The molecule has 0 aromatic carbocycles. The highest BCUT2D eigenvalue weighted by atomic mass is 16.4. The second-order valence-electron chi connectivity index (χ2n) is 6.73.